The summed E-state index contributed by atoms with van der Waals surface area (Å²) >= 11 is 5.90. The Bertz CT molecular complexity index is 461. The van der Waals surface area contributed by atoms with Crippen molar-refractivity contribution in [3.05, 3.63) is 33.3 Å². The molecule has 1 heterocycles. The van der Waals surface area contributed by atoms with Crippen molar-refractivity contribution in [1.29, 1.82) is 0 Å². The fourth-order valence-corrected chi connectivity index (χ4v) is 2.73. The van der Waals surface area contributed by atoms with Gasteiger partial charge in [0.15, 0.2) is 0 Å². The number of halogens is 1. The van der Waals surface area contributed by atoms with E-state index in [2.05, 4.69) is 17.6 Å². The molecular formula is C13H18ClN3O2. The Morgan fingerprint density at radius 1 is 1.58 bits per heavy atom. The molecule has 2 rings (SSSR count). The lowest BCUT2D eigenvalue weighted by molar-refractivity contribution is -0.383. The molecule has 1 aromatic carbocycles. The highest BCUT2D eigenvalue weighted by Gasteiger charge is 2.24. The van der Waals surface area contributed by atoms with E-state index < -0.39 is 4.92 Å². The monoisotopic (exact) mass is 283 g/mol. The maximum Gasteiger partial charge on any atom is 0.310 e. The van der Waals surface area contributed by atoms with Crippen molar-refractivity contribution in [3.63, 3.8) is 0 Å². The number of hydrogen-bond donors (Lipinski definition) is 2. The van der Waals surface area contributed by atoms with Gasteiger partial charge in [0, 0.05) is 6.04 Å². The SMILES string of the molecule is CC(Nc1cccc(Cl)c1[N+](=O)[O-])C1CCCNC1. The van der Waals surface area contributed by atoms with Crippen LogP contribution in [0.4, 0.5) is 11.4 Å². The van der Waals surface area contributed by atoms with E-state index in [1.165, 1.54) is 6.07 Å². The van der Waals surface area contributed by atoms with E-state index in [4.69, 9.17) is 11.6 Å². The van der Waals surface area contributed by atoms with Gasteiger partial charge in [-0.3, -0.25) is 10.1 Å². The maximum atomic E-state index is 11.1. The molecule has 1 saturated heterocycles. The van der Waals surface area contributed by atoms with Gasteiger partial charge in [-0.15, -0.1) is 0 Å². The minimum Gasteiger partial charge on any atom is -0.377 e. The Labute approximate surface area is 117 Å². The molecular weight excluding hydrogens is 266 g/mol. The lowest BCUT2D eigenvalue weighted by atomic mass is 9.92. The first kappa shape index (κ1) is 14.1. The molecule has 104 valence electrons. The highest BCUT2D eigenvalue weighted by Crippen LogP contribution is 2.33. The molecule has 2 N–H and O–H groups in total. The maximum absolute atomic E-state index is 11.1. The Morgan fingerprint density at radius 2 is 2.37 bits per heavy atom. The lowest BCUT2D eigenvalue weighted by Crippen LogP contribution is -2.38. The normalized spacial score (nSPS) is 20.8. The molecule has 1 fully saturated rings. The zero-order valence-corrected chi connectivity index (χ0v) is 11.6. The number of anilines is 1. The molecule has 0 spiro atoms. The van der Waals surface area contributed by atoms with Crippen LogP contribution in [-0.2, 0) is 0 Å². The number of rotatable bonds is 4. The summed E-state index contributed by atoms with van der Waals surface area (Å²) in [4.78, 5) is 10.6. The lowest BCUT2D eigenvalue weighted by Gasteiger charge is -2.29. The molecule has 6 heteroatoms. The van der Waals surface area contributed by atoms with E-state index in [9.17, 15) is 10.1 Å². The summed E-state index contributed by atoms with van der Waals surface area (Å²) in [6.45, 7) is 4.06. The number of nitro groups is 1. The number of piperidine rings is 1. The smallest absolute Gasteiger partial charge is 0.310 e. The van der Waals surface area contributed by atoms with Crippen LogP contribution < -0.4 is 10.6 Å². The number of nitrogens with one attached hydrogen (secondary N) is 2. The third kappa shape index (κ3) is 3.36. The van der Waals surface area contributed by atoms with Crippen molar-refractivity contribution in [1.82, 2.24) is 5.32 Å². The molecule has 1 aliphatic rings. The van der Waals surface area contributed by atoms with Crippen LogP contribution >= 0.6 is 11.6 Å². The first-order valence-electron chi connectivity index (χ1n) is 6.49. The molecule has 0 saturated carbocycles. The fourth-order valence-electron chi connectivity index (χ4n) is 2.49. The van der Waals surface area contributed by atoms with Crippen LogP contribution in [0.1, 0.15) is 19.8 Å². The minimum absolute atomic E-state index is 0.0419. The van der Waals surface area contributed by atoms with Crippen molar-refractivity contribution in [2.45, 2.75) is 25.8 Å². The van der Waals surface area contributed by atoms with Crippen LogP contribution in [0.15, 0.2) is 18.2 Å². The second-order valence-electron chi connectivity index (χ2n) is 4.93. The summed E-state index contributed by atoms with van der Waals surface area (Å²) in [7, 11) is 0. The van der Waals surface area contributed by atoms with Gasteiger partial charge in [-0.1, -0.05) is 17.7 Å². The topological polar surface area (TPSA) is 67.2 Å². The van der Waals surface area contributed by atoms with Crippen molar-refractivity contribution >= 4 is 23.0 Å². The summed E-state index contributed by atoms with van der Waals surface area (Å²) in [5.41, 5.74) is 0.454. The summed E-state index contributed by atoms with van der Waals surface area (Å²) in [5, 5.41) is 17.8. The Balaban J connectivity index is 2.14. The largest absolute Gasteiger partial charge is 0.377 e. The first-order chi connectivity index (χ1) is 9.09. The van der Waals surface area contributed by atoms with Crippen molar-refractivity contribution in [3.8, 4) is 0 Å². The van der Waals surface area contributed by atoms with Gasteiger partial charge in [0.25, 0.3) is 0 Å². The summed E-state index contributed by atoms with van der Waals surface area (Å²) in [6, 6.07) is 5.14. The van der Waals surface area contributed by atoms with Gasteiger partial charge >= 0.3 is 5.69 Å². The summed E-state index contributed by atoms with van der Waals surface area (Å²) in [5.74, 6) is 0.479. The molecule has 0 aliphatic carbocycles. The van der Waals surface area contributed by atoms with Gasteiger partial charge in [0.2, 0.25) is 0 Å². The predicted octanol–water partition coefficient (Wildman–Crippen LogP) is 3.05. The number of hydrogen-bond acceptors (Lipinski definition) is 4. The van der Waals surface area contributed by atoms with E-state index in [1.807, 2.05) is 0 Å². The highest BCUT2D eigenvalue weighted by molar-refractivity contribution is 6.33. The van der Waals surface area contributed by atoms with Gasteiger partial charge in [0.05, 0.1) is 4.92 Å². The third-order valence-electron chi connectivity index (χ3n) is 3.59. The van der Waals surface area contributed by atoms with Crippen molar-refractivity contribution in [2.24, 2.45) is 5.92 Å². The Morgan fingerprint density at radius 3 is 3.00 bits per heavy atom. The second kappa shape index (κ2) is 6.21. The van der Waals surface area contributed by atoms with Crippen LogP contribution in [-0.4, -0.2) is 24.1 Å². The molecule has 1 aromatic rings. The standard InChI is InChI=1S/C13H18ClN3O2/c1-9(10-4-3-7-15-8-10)16-12-6-2-5-11(14)13(12)17(18)19/h2,5-6,9-10,15-16H,3-4,7-8H2,1H3. The van der Waals surface area contributed by atoms with Gasteiger partial charge in [-0.05, 0) is 50.9 Å². The second-order valence-corrected chi connectivity index (χ2v) is 5.34. The van der Waals surface area contributed by atoms with Crippen LogP contribution in [0.2, 0.25) is 5.02 Å². The molecule has 0 radical (unpaired) electrons. The molecule has 5 nitrogen and oxygen atoms in total. The van der Waals surface area contributed by atoms with Crippen LogP contribution in [0.5, 0.6) is 0 Å². The fraction of sp³-hybridized carbons (Fsp3) is 0.538. The number of para-hydroxylation sites is 1. The zero-order chi connectivity index (χ0) is 13.8. The number of nitro benzene ring substituents is 1. The quantitative estimate of drug-likeness (QED) is 0.658. The van der Waals surface area contributed by atoms with E-state index in [-0.39, 0.29) is 16.8 Å². The van der Waals surface area contributed by atoms with Crippen LogP contribution in [0.3, 0.4) is 0 Å². The molecule has 2 atom stereocenters. The van der Waals surface area contributed by atoms with Crippen LogP contribution in [0.25, 0.3) is 0 Å². The predicted molar refractivity (Wildman–Crippen MR) is 76.8 cm³/mol. The van der Waals surface area contributed by atoms with Gasteiger partial charge in [-0.25, -0.2) is 0 Å². The van der Waals surface area contributed by atoms with Gasteiger partial charge in [0.1, 0.15) is 10.7 Å². The molecule has 1 aliphatic heterocycles. The zero-order valence-electron chi connectivity index (χ0n) is 10.9. The van der Waals surface area contributed by atoms with E-state index in [1.54, 1.807) is 12.1 Å². The third-order valence-corrected chi connectivity index (χ3v) is 3.90. The number of benzene rings is 1. The molecule has 0 bridgehead atoms. The van der Waals surface area contributed by atoms with Crippen molar-refractivity contribution < 1.29 is 4.92 Å². The number of nitrogens with zero attached hydrogens (tertiary/aromatic N) is 1. The van der Waals surface area contributed by atoms with Gasteiger partial charge < -0.3 is 10.6 Å². The average Bonchev–Trinajstić information content (AvgIpc) is 2.39. The Hall–Kier alpha value is -1.33. The van der Waals surface area contributed by atoms with E-state index >= 15 is 0 Å². The van der Waals surface area contributed by atoms with Crippen LogP contribution in [0, 0.1) is 16.0 Å². The molecule has 0 aromatic heterocycles. The van der Waals surface area contributed by atoms with E-state index in [0.29, 0.717) is 11.6 Å². The average molecular weight is 284 g/mol. The van der Waals surface area contributed by atoms with E-state index in [0.717, 1.165) is 25.9 Å². The first-order valence-corrected chi connectivity index (χ1v) is 6.87. The Kier molecular flexibility index (Phi) is 4.61. The summed E-state index contributed by atoms with van der Waals surface area (Å²) in [6.07, 6.45) is 2.28. The van der Waals surface area contributed by atoms with Gasteiger partial charge in [-0.2, -0.15) is 0 Å². The minimum atomic E-state index is -0.434. The highest BCUT2D eigenvalue weighted by atomic mass is 35.5. The molecule has 2 unspecified atom stereocenters. The van der Waals surface area contributed by atoms with Crippen molar-refractivity contribution in [2.75, 3.05) is 18.4 Å². The summed E-state index contributed by atoms with van der Waals surface area (Å²) < 4.78 is 0. The molecule has 19 heavy (non-hydrogen) atoms. The molecule has 0 amide bonds.